The molecule has 3 heterocycles. The maximum atomic E-state index is 13.1. The molecule has 0 aliphatic carbocycles. The molecule has 7 nitrogen and oxygen atoms in total. The van der Waals surface area contributed by atoms with Crippen molar-refractivity contribution in [3.05, 3.63) is 94.3 Å². The van der Waals surface area contributed by atoms with Crippen molar-refractivity contribution in [2.45, 2.75) is 12.6 Å². The molecule has 1 atom stereocenters. The minimum atomic E-state index is -0.819. The molecule has 2 aliphatic heterocycles. The summed E-state index contributed by atoms with van der Waals surface area (Å²) in [7, 11) is 0. The number of hydrogen-bond acceptors (Lipinski definition) is 6. The van der Waals surface area contributed by atoms with Gasteiger partial charge in [-0.25, -0.2) is 0 Å². The van der Waals surface area contributed by atoms with Crippen LogP contribution in [0, 0.1) is 0 Å². The second-order valence-corrected chi connectivity index (χ2v) is 7.84. The summed E-state index contributed by atoms with van der Waals surface area (Å²) in [5, 5.41) is 11.6. The SMILES string of the molecule is O=C1C(=O)N(Cc2cccnc2)C(c2ccc3c(c2)OCO3)/C1=C(/O)c1ccc(Cl)cc1. The summed E-state index contributed by atoms with van der Waals surface area (Å²) >= 11 is 5.96. The van der Waals surface area contributed by atoms with Crippen LogP contribution in [0.2, 0.25) is 5.02 Å². The zero-order chi connectivity index (χ0) is 22.2. The number of aliphatic hydroxyl groups is 1. The lowest BCUT2D eigenvalue weighted by Gasteiger charge is -2.25. The van der Waals surface area contributed by atoms with E-state index in [9.17, 15) is 14.7 Å². The molecule has 1 saturated heterocycles. The molecule has 0 spiro atoms. The van der Waals surface area contributed by atoms with Crippen LogP contribution in [0.15, 0.2) is 72.6 Å². The number of aromatic nitrogens is 1. The largest absolute Gasteiger partial charge is 0.507 e. The van der Waals surface area contributed by atoms with E-state index in [4.69, 9.17) is 21.1 Å². The Bertz CT molecular complexity index is 1240. The topological polar surface area (TPSA) is 89.0 Å². The molecule has 8 heteroatoms. The predicted molar refractivity (Wildman–Crippen MR) is 116 cm³/mol. The van der Waals surface area contributed by atoms with Crippen LogP contribution in [-0.2, 0) is 16.1 Å². The van der Waals surface area contributed by atoms with Crippen LogP contribution < -0.4 is 9.47 Å². The van der Waals surface area contributed by atoms with Crippen LogP contribution in [0.25, 0.3) is 5.76 Å². The van der Waals surface area contributed by atoms with Crippen LogP contribution in [0.3, 0.4) is 0 Å². The molecular formula is C24H17ClN2O5. The number of halogens is 1. The van der Waals surface area contributed by atoms with Gasteiger partial charge in [0, 0.05) is 29.5 Å². The number of amides is 1. The van der Waals surface area contributed by atoms with Gasteiger partial charge in [-0.15, -0.1) is 0 Å². The highest BCUT2D eigenvalue weighted by Crippen LogP contribution is 2.43. The fraction of sp³-hybridized carbons (Fsp3) is 0.125. The van der Waals surface area contributed by atoms with Crippen molar-refractivity contribution in [1.29, 1.82) is 0 Å². The monoisotopic (exact) mass is 448 g/mol. The molecule has 1 amide bonds. The number of ether oxygens (including phenoxy) is 2. The number of carbonyl (C=O) groups excluding carboxylic acids is 2. The van der Waals surface area contributed by atoms with Crippen molar-refractivity contribution >= 4 is 29.1 Å². The van der Waals surface area contributed by atoms with E-state index in [2.05, 4.69) is 4.98 Å². The number of nitrogens with zero attached hydrogens (tertiary/aromatic N) is 2. The molecular weight excluding hydrogens is 432 g/mol. The van der Waals surface area contributed by atoms with Gasteiger partial charge in [0.2, 0.25) is 6.79 Å². The Balaban J connectivity index is 1.65. The Morgan fingerprint density at radius 3 is 2.62 bits per heavy atom. The van der Waals surface area contributed by atoms with Crippen LogP contribution in [-0.4, -0.2) is 33.5 Å². The third-order valence-electron chi connectivity index (χ3n) is 5.45. The first-order chi connectivity index (χ1) is 15.5. The number of benzene rings is 2. The lowest BCUT2D eigenvalue weighted by Crippen LogP contribution is -2.29. The molecule has 1 unspecified atom stereocenters. The van der Waals surface area contributed by atoms with Gasteiger partial charge in [0.05, 0.1) is 11.6 Å². The number of ketones is 1. The summed E-state index contributed by atoms with van der Waals surface area (Å²) < 4.78 is 10.9. The Kier molecular flexibility index (Phi) is 5.03. The van der Waals surface area contributed by atoms with Crippen molar-refractivity contribution < 1.29 is 24.2 Å². The summed E-state index contributed by atoms with van der Waals surface area (Å²) in [5.41, 5.74) is 1.76. The van der Waals surface area contributed by atoms with Crippen LogP contribution >= 0.6 is 11.6 Å². The highest BCUT2D eigenvalue weighted by molar-refractivity contribution is 6.46. The number of fused-ring (bicyclic) bond motifs is 1. The zero-order valence-electron chi connectivity index (χ0n) is 16.7. The Labute approximate surface area is 188 Å². The molecule has 0 saturated carbocycles. The van der Waals surface area contributed by atoms with Crippen molar-refractivity contribution in [2.75, 3.05) is 6.79 Å². The van der Waals surface area contributed by atoms with E-state index in [0.29, 0.717) is 27.6 Å². The van der Waals surface area contributed by atoms with Gasteiger partial charge in [-0.05, 0) is 53.6 Å². The molecule has 1 aromatic heterocycles. The summed E-state index contributed by atoms with van der Waals surface area (Å²) in [5.74, 6) is -0.635. The van der Waals surface area contributed by atoms with Crippen LogP contribution in [0.1, 0.15) is 22.7 Å². The van der Waals surface area contributed by atoms with Gasteiger partial charge in [0.15, 0.2) is 11.5 Å². The van der Waals surface area contributed by atoms with Crippen molar-refractivity contribution in [1.82, 2.24) is 9.88 Å². The Morgan fingerprint density at radius 2 is 1.88 bits per heavy atom. The Hall–Kier alpha value is -3.84. The quantitative estimate of drug-likeness (QED) is 0.367. The third-order valence-corrected chi connectivity index (χ3v) is 5.70. The number of rotatable bonds is 4. The van der Waals surface area contributed by atoms with Gasteiger partial charge in [-0.1, -0.05) is 23.7 Å². The summed E-state index contributed by atoms with van der Waals surface area (Å²) in [4.78, 5) is 31.7. The predicted octanol–water partition coefficient (Wildman–Crippen LogP) is 4.09. The van der Waals surface area contributed by atoms with E-state index in [0.717, 1.165) is 5.56 Å². The number of aliphatic hydroxyl groups excluding tert-OH is 1. The fourth-order valence-electron chi connectivity index (χ4n) is 3.92. The van der Waals surface area contributed by atoms with Crippen LogP contribution in [0.4, 0.5) is 0 Å². The van der Waals surface area contributed by atoms with E-state index in [1.54, 1.807) is 60.9 Å². The first kappa shape index (κ1) is 20.1. The van der Waals surface area contributed by atoms with Gasteiger partial charge >= 0.3 is 0 Å². The molecule has 5 rings (SSSR count). The number of carbonyl (C=O) groups is 2. The average Bonchev–Trinajstić information content (AvgIpc) is 3.37. The second kappa shape index (κ2) is 8.01. The minimum Gasteiger partial charge on any atom is -0.507 e. The van der Waals surface area contributed by atoms with Gasteiger partial charge < -0.3 is 19.5 Å². The molecule has 2 aliphatic rings. The molecule has 2 aromatic carbocycles. The minimum absolute atomic E-state index is 0.0000723. The molecule has 0 radical (unpaired) electrons. The van der Waals surface area contributed by atoms with Crippen molar-refractivity contribution in [2.24, 2.45) is 0 Å². The standard InChI is InChI=1S/C24H17ClN2O5/c25-17-6-3-15(4-7-17)22(28)20-21(16-5-8-18-19(10-16)32-13-31-18)27(24(30)23(20)29)12-14-2-1-9-26-11-14/h1-11,21,28H,12-13H2/b22-20-. The van der Waals surface area contributed by atoms with E-state index in [-0.39, 0.29) is 24.7 Å². The smallest absolute Gasteiger partial charge is 0.295 e. The molecule has 1 N–H and O–H groups in total. The van der Waals surface area contributed by atoms with Gasteiger partial charge in [0.1, 0.15) is 5.76 Å². The van der Waals surface area contributed by atoms with E-state index < -0.39 is 17.7 Å². The highest BCUT2D eigenvalue weighted by atomic mass is 35.5. The van der Waals surface area contributed by atoms with Gasteiger partial charge in [-0.3, -0.25) is 14.6 Å². The second-order valence-electron chi connectivity index (χ2n) is 7.41. The maximum Gasteiger partial charge on any atom is 0.295 e. The maximum absolute atomic E-state index is 13.1. The number of hydrogen-bond donors (Lipinski definition) is 1. The zero-order valence-corrected chi connectivity index (χ0v) is 17.5. The molecule has 1 fully saturated rings. The lowest BCUT2D eigenvalue weighted by atomic mass is 9.95. The summed E-state index contributed by atoms with van der Waals surface area (Å²) in [6.45, 7) is 0.244. The first-order valence-corrected chi connectivity index (χ1v) is 10.2. The van der Waals surface area contributed by atoms with Gasteiger partial charge in [0.25, 0.3) is 11.7 Å². The molecule has 160 valence electrons. The van der Waals surface area contributed by atoms with E-state index in [1.807, 2.05) is 6.07 Å². The van der Waals surface area contributed by atoms with Crippen molar-refractivity contribution in [3.63, 3.8) is 0 Å². The van der Waals surface area contributed by atoms with E-state index in [1.165, 1.54) is 4.90 Å². The summed E-state index contributed by atoms with van der Waals surface area (Å²) in [6, 6.07) is 14.4. The number of Topliss-reactive ketones (excluding diaryl/α,β-unsaturated/α-hetero) is 1. The lowest BCUT2D eigenvalue weighted by molar-refractivity contribution is -0.140. The normalized spacial score (nSPS) is 18.9. The highest BCUT2D eigenvalue weighted by Gasteiger charge is 2.46. The van der Waals surface area contributed by atoms with Crippen LogP contribution in [0.5, 0.6) is 11.5 Å². The van der Waals surface area contributed by atoms with Crippen molar-refractivity contribution in [3.8, 4) is 11.5 Å². The summed E-state index contributed by atoms with van der Waals surface area (Å²) in [6.07, 6.45) is 3.27. The molecule has 0 bridgehead atoms. The fourth-order valence-corrected chi connectivity index (χ4v) is 4.05. The first-order valence-electron chi connectivity index (χ1n) is 9.86. The van der Waals surface area contributed by atoms with E-state index >= 15 is 0 Å². The number of likely N-dealkylation sites (tertiary alicyclic amines) is 1. The third kappa shape index (κ3) is 3.46. The number of pyridine rings is 1. The Morgan fingerprint density at radius 1 is 1.09 bits per heavy atom. The molecule has 32 heavy (non-hydrogen) atoms. The van der Waals surface area contributed by atoms with Gasteiger partial charge in [-0.2, -0.15) is 0 Å². The average molecular weight is 449 g/mol. The molecule has 3 aromatic rings.